The summed E-state index contributed by atoms with van der Waals surface area (Å²) in [5.41, 5.74) is 0. The summed E-state index contributed by atoms with van der Waals surface area (Å²) in [6.07, 6.45) is 1.85. The van der Waals surface area contributed by atoms with Crippen LogP contribution in [0.25, 0.3) is 0 Å². The van der Waals surface area contributed by atoms with Gasteiger partial charge in [0, 0.05) is 13.2 Å². The molecule has 0 saturated carbocycles. The number of aliphatic carboxylic acids is 1. The van der Waals surface area contributed by atoms with E-state index in [4.69, 9.17) is 9.84 Å². The highest BCUT2D eigenvalue weighted by Gasteiger charge is 2.16. The Labute approximate surface area is 104 Å². The molecular weight excluding hydrogens is 244 g/mol. The van der Waals surface area contributed by atoms with Crippen LogP contribution in [0.4, 0.5) is 4.79 Å². The van der Waals surface area contributed by atoms with Crippen molar-refractivity contribution in [2.45, 2.75) is 18.9 Å². The number of carbonyl (C=O) groups is 3. The van der Waals surface area contributed by atoms with Gasteiger partial charge in [0.1, 0.15) is 13.2 Å². The smallest absolute Gasteiger partial charge is 0.329 e. The van der Waals surface area contributed by atoms with Gasteiger partial charge in [0.2, 0.25) is 0 Å². The Morgan fingerprint density at radius 1 is 1.33 bits per heavy atom. The number of carbonyl (C=O) groups excluding carboxylic acids is 2. The number of carboxylic acid groups (broad SMARTS) is 1. The number of imide groups is 1. The number of urea groups is 1. The largest absolute Gasteiger partial charge is 0.480 e. The quantitative estimate of drug-likeness (QED) is 0.570. The van der Waals surface area contributed by atoms with Crippen molar-refractivity contribution in [3.63, 3.8) is 0 Å². The SMILES string of the molecule is O=C(O)COCC(=O)NC(=O)NCC1CCCO1. The van der Waals surface area contributed by atoms with Crippen molar-refractivity contribution in [2.24, 2.45) is 0 Å². The highest BCUT2D eigenvalue weighted by atomic mass is 16.5. The topological polar surface area (TPSA) is 114 Å². The fourth-order valence-electron chi connectivity index (χ4n) is 1.45. The van der Waals surface area contributed by atoms with Crippen molar-refractivity contribution in [2.75, 3.05) is 26.4 Å². The second-order valence-corrected chi connectivity index (χ2v) is 3.78. The lowest BCUT2D eigenvalue weighted by Gasteiger charge is -2.11. The van der Waals surface area contributed by atoms with Gasteiger partial charge in [-0.3, -0.25) is 10.1 Å². The van der Waals surface area contributed by atoms with E-state index >= 15 is 0 Å². The van der Waals surface area contributed by atoms with E-state index in [1.807, 2.05) is 5.32 Å². The molecule has 18 heavy (non-hydrogen) atoms. The van der Waals surface area contributed by atoms with E-state index in [1.165, 1.54) is 0 Å². The molecule has 1 aliphatic rings. The normalized spacial score (nSPS) is 18.3. The highest BCUT2D eigenvalue weighted by Crippen LogP contribution is 2.10. The van der Waals surface area contributed by atoms with Crippen LogP contribution in [0.2, 0.25) is 0 Å². The molecule has 0 aliphatic carbocycles. The fraction of sp³-hybridized carbons (Fsp3) is 0.700. The van der Waals surface area contributed by atoms with Gasteiger partial charge in [-0.15, -0.1) is 0 Å². The Morgan fingerprint density at radius 3 is 2.72 bits per heavy atom. The van der Waals surface area contributed by atoms with Gasteiger partial charge in [-0.05, 0) is 12.8 Å². The van der Waals surface area contributed by atoms with E-state index in [9.17, 15) is 14.4 Å². The van der Waals surface area contributed by atoms with Gasteiger partial charge in [0.15, 0.2) is 0 Å². The third-order valence-electron chi connectivity index (χ3n) is 2.23. The first kappa shape index (κ1) is 14.4. The molecule has 1 aliphatic heterocycles. The summed E-state index contributed by atoms with van der Waals surface area (Å²) < 4.78 is 9.80. The van der Waals surface area contributed by atoms with E-state index in [2.05, 4.69) is 10.1 Å². The third kappa shape index (κ3) is 6.16. The van der Waals surface area contributed by atoms with Crippen molar-refractivity contribution >= 4 is 17.9 Å². The molecule has 0 aromatic carbocycles. The average Bonchev–Trinajstić information content (AvgIpc) is 2.78. The lowest BCUT2D eigenvalue weighted by atomic mass is 10.2. The molecule has 1 fully saturated rings. The second kappa shape index (κ2) is 7.62. The Morgan fingerprint density at radius 2 is 2.11 bits per heavy atom. The molecule has 0 radical (unpaired) electrons. The summed E-state index contributed by atoms with van der Waals surface area (Å²) in [5.74, 6) is -1.87. The summed E-state index contributed by atoms with van der Waals surface area (Å²) in [6.45, 7) is -0.0182. The molecule has 1 unspecified atom stereocenters. The van der Waals surface area contributed by atoms with Crippen molar-refractivity contribution in [1.82, 2.24) is 10.6 Å². The minimum absolute atomic E-state index is 0.00545. The molecule has 3 amide bonds. The standard InChI is InChI=1S/C10H16N2O6/c13-8(5-17-6-9(14)15)12-10(16)11-4-7-2-1-3-18-7/h7H,1-6H2,(H,14,15)(H2,11,12,13,16). The number of nitrogens with one attached hydrogen (secondary N) is 2. The van der Waals surface area contributed by atoms with Gasteiger partial charge < -0.3 is 19.9 Å². The predicted octanol–water partition coefficient (Wildman–Crippen LogP) is -0.908. The summed E-state index contributed by atoms with van der Waals surface area (Å²) in [4.78, 5) is 32.4. The number of rotatable bonds is 6. The maximum absolute atomic E-state index is 11.2. The first-order valence-corrected chi connectivity index (χ1v) is 5.56. The van der Waals surface area contributed by atoms with E-state index in [1.54, 1.807) is 0 Å². The monoisotopic (exact) mass is 260 g/mol. The van der Waals surface area contributed by atoms with Crippen LogP contribution in [0.3, 0.4) is 0 Å². The molecule has 0 bridgehead atoms. The van der Waals surface area contributed by atoms with Crippen LogP contribution in [-0.4, -0.2) is 55.5 Å². The summed E-state index contributed by atoms with van der Waals surface area (Å²) in [5, 5.41) is 12.8. The van der Waals surface area contributed by atoms with Crippen LogP contribution in [0.15, 0.2) is 0 Å². The lowest BCUT2D eigenvalue weighted by Crippen LogP contribution is -2.43. The summed E-state index contributed by atoms with van der Waals surface area (Å²) >= 11 is 0. The van der Waals surface area contributed by atoms with E-state index < -0.39 is 31.1 Å². The molecule has 102 valence electrons. The number of carboxylic acids is 1. The number of hydrogen-bond acceptors (Lipinski definition) is 5. The van der Waals surface area contributed by atoms with Gasteiger partial charge in [-0.2, -0.15) is 0 Å². The number of ether oxygens (including phenoxy) is 2. The molecule has 0 aromatic rings. The molecular formula is C10H16N2O6. The van der Waals surface area contributed by atoms with Crippen LogP contribution >= 0.6 is 0 Å². The third-order valence-corrected chi connectivity index (χ3v) is 2.23. The molecule has 8 heteroatoms. The first-order valence-electron chi connectivity index (χ1n) is 5.56. The first-order chi connectivity index (χ1) is 8.58. The maximum Gasteiger partial charge on any atom is 0.329 e. The highest BCUT2D eigenvalue weighted by molar-refractivity contribution is 5.94. The summed E-state index contributed by atoms with van der Waals surface area (Å²) in [6, 6.07) is -0.644. The molecule has 0 aromatic heterocycles. The van der Waals surface area contributed by atoms with Gasteiger partial charge >= 0.3 is 12.0 Å². The fourth-order valence-corrected chi connectivity index (χ4v) is 1.45. The zero-order chi connectivity index (χ0) is 13.4. The molecule has 8 nitrogen and oxygen atoms in total. The van der Waals surface area contributed by atoms with E-state index in [0.29, 0.717) is 13.2 Å². The van der Waals surface area contributed by atoms with Crippen molar-refractivity contribution in [3.05, 3.63) is 0 Å². The zero-order valence-electron chi connectivity index (χ0n) is 9.81. The van der Waals surface area contributed by atoms with Crippen LogP contribution in [0.5, 0.6) is 0 Å². The van der Waals surface area contributed by atoms with Gasteiger partial charge in [-0.25, -0.2) is 9.59 Å². The van der Waals surface area contributed by atoms with Gasteiger partial charge in [0.05, 0.1) is 6.10 Å². The van der Waals surface area contributed by atoms with Gasteiger partial charge in [-0.1, -0.05) is 0 Å². The van der Waals surface area contributed by atoms with Crippen molar-refractivity contribution in [1.29, 1.82) is 0 Å². The predicted molar refractivity (Wildman–Crippen MR) is 59.0 cm³/mol. The molecule has 1 atom stereocenters. The Balaban J connectivity index is 2.07. The van der Waals surface area contributed by atoms with Crippen LogP contribution in [-0.2, 0) is 19.1 Å². The Bertz CT molecular complexity index is 313. The van der Waals surface area contributed by atoms with Crippen LogP contribution in [0.1, 0.15) is 12.8 Å². The molecule has 1 heterocycles. The van der Waals surface area contributed by atoms with Gasteiger partial charge in [0.25, 0.3) is 5.91 Å². The van der Waals surface area contributed by atoms with Crippen LogP contribution < -0.4 is 10.6 Å². The average molecular weight is 260 g/mol. The zero-order valence-corrected chi connectivity index (χ0v) is 9.81. The minimum atomic E-state index is -1.18. The lowest BCUT2D eigenvalue weighted by molar-refractivity contribution is -0.143. The second-order valence-electron chi connectivity index (χ2n) is 3.78. The summed E-state index contributed by atoms with van der Waals surface area (Å²) in [7, 11) is 0. The Kier molecular flexibility index (Phi) is 6.09. The maximum atomic E-state index is 11.2. The molecule has 1 rings (SSSR count). The number of amides is 3. The van der Waals surface area contributed by atoms with Crippen LogP contribution in [0, 0.1) is 0 Å². The molecule has 0 spiro atoms. The number of hydrogen-bond donors (Lipinski definition) is 3. The molecule has 1 saturated heterocycles. The van der Waals surface area contributed by atoms with E-state index in [-0.39, 0.29) is 6.10 Å². The molecule has 3 N–H and O–H groups in total. The van der Waals surface area contributed by atoms with Crippen molar-refractivity contribution in [3.8, 4) is 0 Å². The minimum Gasteiger partial charge on any atom is -0.480 e. The van der Waals surface area contributed by atoms with E-state index in [0.717, 1.165) is 12.8 Å². The van der Waals surface area contributed by atoms with Crippen molar-refractivity contribution < 1.29 is 29.0 Å². The Hall–Kier alpha value is -1.67.